The van der Waals surface area contributed by atoms with Gasteiger partial charge in [0, 0.05) is 24.6 Å². The number of nitrogens with zero attached hydrogens (tertiary/aromatic N) is 2. The van der Waals surface area contributed by atoms with Gasteiger partial charge in [-0.2, -0.15) is 0 Å². The highest BCUT2D eigenvalue weighted by Crippen LogP contribution is 2.45. The summed E-state index contributed by atoms with van der Waals surface area (Å²) in [7, 11) is 0. The fraction of sp³-hybridized carbons (Fsp3) is 0.500. The summed E-state index contributed by atoms with van der Waals surface area (Å²) in [5.41, 5.74) is 1.90. The summed E-state index contributed by atoms with van der Waals surface area (Å²) >= 11 is 5.86. The molecule has 9 heteroatoms. The molecular formula is C24H28ClN5O3. The molecule has 1 unspecified atom stereocenters. The molecule has 8 nitrogen and oxygen atoms in total. The molecule has 1 saturated heterocycles. The number of ether oxygens (including phenoxy) is 1. The van der Waals surface area contributed by atoms with Crippen molar-refractivity contribution < 1.29 is 14.3 Å². The van der Waals surface area contributed by atoms with Gasteiger partial charge in [0.2, 0.25) is 11.8 Å². The van der Waals surface area contributed by atoms with E-state index in [2.05, 4.69) is 26.1 Å². The normalized spacial score (nSPS) is 20.7. The molecule has 2 fully saturated rings. The third kappa shape index (κ3) is 4.42. The van der Waals surface area contributed by atoms with E-state index in [1.807, 2.05) is 18.2 Å². The van der Waals surface area contributed by atoms with E-state index in [9.17, 15) is 9.59 Å². The van der Waals surface area contributed by atoms with Gasteiger partial charge < -0.3 is 20.7 Å². The highest BCUT2D eigenvalue weighted by atomic mass is 35.5. The summed E-state index contributed by atoms with van der Waals surface area (Å²) in [5, 5.41) is 17.6. The van der Waals surface area contributed by atoms with Gasteiger partial charge in [-0.1, -0.05) is 36.9 Å². The quantitative estimate of drug-likeness (QED) is 0.608. The first-order chi connectivity index (χ1) is 16.0. The topological polar surface area (TPSA) is 105 Å². The molecule has 1 aliphatic carbocycles. The van der Waals surface area contributed by atoms with Gasteiger partial charge in [-0.15, -0.1) is 10.2 Å². The molecule has 3 aliphatic rings. The van der Waals surface area contributed by atoms with E-state index in [-0.39, 0.29) is 17.7 Å². The molecule has 0 radical (unpaired) electrons. The monoisotopic (exact) mass is 469 g/mol. The van der Waals surface area contributed by atoms with Crippen LogP contribution in [0.5, 0.6) is 0 Å². The number of carbonyl (C=O) groups is 2. The first kappa shape index (κ1) is 22.1. The van der Waals surface area contributed by atoms with Crippen molar-refractivity contribution in [3.8, 4) is 0 Å². The van der Waals surface area contributed by atoms with Crippen molar-refractivity contribution in [1.29, 1.82) is 0 Å². The summed E-state index contributed by atoms with van der Waals surface area (Å²) in [4.78, 5) is 26.2. The van der Waals surface area contributed by atoms with Gasteiger partial charge in [0.05, 0.1) is 5.41 Å². The molecule has 3 heterocycles. The molecule has 3 N–H and O–H groups in total. The maximum atomic E-state index is 13.4. The van der Waals surface area contributed by atoms with Crippen LogP contribution in [0.15, 0.2) is 30.3 Å². The number of amides is 2. The van der Waals surface area contributed by atoms with Crippen molar-refractivity contribution >= 4 is 40.6 Å². The Morgan fingerprint density at radius 2 is 1.91 bits per heavy atom. The summed E-state index contributed by atoms with van der Waals surface area (Å²) in [5.74, 6) is 0.625. The van der Waals surface area contributed by atoms with E-state index in [4.69, 9.17) is 16.3 Å². The molecular weight excluding hydrogens is 442 g/mol. The van der Waals surface area contributed by atoms with Gasteiger partial charge in [-0.25, -0.2) is 0 Å². The van der Waals surface area contributed by atoms with Gasteiger partial charge in [0.25, 0.3) is 0 Å². The van der Waals surface area contributed by atoms with Crippen LogP contribution in [-0.4, -0.2) is 41.3 Å². The van der Waals surface area contributed by atoms with Crippen LogP contribution in [-0.2, 0) is 19.7 Å². The lowest BCUT2D eigenvalue weighted by molar-refractivity contribution is -0.124. The highest BCUT2D eigenvalue weighted by Gasteiger charge is 2.47. The standard InChI is InChI=1S/C24H28ClN5O3/c25-19-8-9-20(30-29-19)28-21(15-4-2-1-3-5-15)22(31)26-16-6-7-17-18(14-16)27-23(32)24(17)10-12-33-13-11-24/h6-9,14-15,21H,1-5,10-13H2,(H,26,31)(H,27,32)(H,28,30). The molecule has 2 amide bonds. The van der Waals surface area contributed by atoms with Crippen molar-refractivity contribution in [3.05, 3.63) is 41.0 Å². The maximum absolute atomic E-state index is 13.4. The van der Waals surface area contributed by atoms with E-state index in [1.165, 1.54) is 6.42 Å². The molecule has 1 spiro atoms. The number of benzene rings is 1. The summed E-state index contributed by atoms with van der Waals surface area (Å²) in [6.45, 7) is 1.15. The lowest BCUT2D eigenvalue weighted by atomic mass is 9.75. The largest absolute Gasteiger partial charge is 0.381 e. The van der Waals surface area contributed by atoms with Crippen molar-refractivity contribution in [3.63, 3.8) is 0 Å². The van der Waals surface area contributed by atoms with Gasteiger partial charge in [0.15, 0.2) is 5.15 Å². The van der Waals surface area contributed by atoms with Crippen LogP contribution in [0, 0.1) is 5.92 Å². The van der Waals surface area contributed by atoms with Crippen LogP contribution in [0.25, 0.3) is 0 Å². The van der Waals surface area contributed by atoms with E-state index in [0.29, 0.717) is 42.7 Å². The second-order valence-electron chi connectivity index (χ2n) is 9.16. The Bertz CT molecular complexity index is 1030. The molecule has 2 aliphatic heterocycles. The lowest BCUT2D eigenvalue weighted by Crippen LogP contribution is -2.42. The Balaban J connectivity index is 1.35. The van der Waals surface area contributed by atoms with Crippen LogP contribution in [0.4, 0.5) is 17.2 Å². The molecule has 1 aromatic carbocycles. The Hall–Kier alpha value is -2.71. The van der Waals surface area contributed by atoms with Gasteiger partial charge in [-0.05, 0) is 61.4 Å². The number of nitrogens with one attached hydrogen (secondary N) is 3. The van der Waals surface area contributed by atoms with Crippen LogP contribution in [0.2, 0.25) is 5.15 Å². The molecule has 174 valence electrons. The maximum Gasteiger partial charge on any atom is 0.247 e. The molecule has 5 rings (SSSR count). The fourth-order valence-electron chi connectivity index (χ4n) is 5.36. The van der Waals surface area contributed by atoms with Gasteiger partial charge in [-0.3, -0.25) is 9.59 Å². The summed E-state index contributed by atoms with van der Waals surface area (Å²) in [6.07, 6.45) is 6.73. The minimum absolute atomic E-state index is 0.0207. The zero-order chi connectivity index (χ0) is 22.8. The zero-order valence-corrected chi connectivity index (χ0v) is 19.2. The minimum Gasteiger partial charge on any atom is -0.381 e. The molecule has 33 heavy (non-hydrogen) atoms. The number of hydrogen-bond donors (Lipinski definition) is 3. The second kappa shape index (κ2) is 9.27. The van der Waals surface area contributed by atoms with Crippen molar-refractivity contribution in [2.45, 2.75) is 56.4 Å². The number of aromatic nitrogens is 2. The number of anilines is 3. The zero-order valence-electron chi connectivity index (χ0n) is 18.4. The van der Waals surface area contributed by atoms with Crippen LogP contribution < -0.4 is 16.0 Å². The van der Waals surface area contributed by atoms with Gasteiger partial charge >= 0.3 is 0 Å². The summed E-state index contributed by atoms with van der Waals surface area (Å²) in [6, 6.07) is 8.65. The minimum atomic E-state index is -0.518. The molecule has 1 atom stereocenters. The van der Waals surface area contributed by atoms with Crippen molar-refractivity contribution in [2.24, 2.45) is 5.92 Å². The first-order valence-electron chi connectivity index (χ1n) is 11.7. The number of rotatable bonds is 5. The first-order valence-corrected chi connectivity index (χ1v) is 12.0. The highest BCUT2D eigenvalue weighted by molar-refractivity contribution is 6.29. The Morgan fingerprint density at radius 3 is 2.64 bits per heavy atom. The van der Waals surface area contributed by atoms with Gasteiger partial charge in [0.1, 0.15) is 11.9 Å². The Morgan fingerprint density at radius 1 is 1.12 bits per heavy atom. The number of carbonyl (C=O) groups excluding carboxylic acids is 2. The second-order valence-corrected chi connectivity index (χ2v) is 9.55. The summed E-state index contributed by atoms with van der Waals surface area (Å²) < 4.78 is 5.47. The number of hydrogen-bond acceptors (Lipinski definition) is 6. The van der Waals surface area contributed by atoms with Crippen LogP contribution >= 0.6 is 11.6 Å². The predicted octanol–water partition coefficient (Wildman–Crippen LogP) is 4.13. The molecule has 1 aromatic heterocycles. The van der Waals surface area contributed by atoms with Crippen LogP contribution in [0.3, 0.4) is 0 Å². The van der Waals surface area contributed by atoms with E-state index in [1.54, 1.807) is 12.1 Å². The Kier molecular flexibility index (Phi) is 6.21. The average Bonchev–Trinajstić information content (AvgIpc) is 3.09. The molecule has 2 aromatic rings. The number of halogens is 1. The van der Waals surface area contributed by atoms with Crippen LogP contribution in [0.1, 0.15) is 50.5 Å². The van der Waals surface area contributed by atoms with E-state index < -0.39 is 11.5 Å². The van der Waals surface area contributed by atoms with Crippen molar-refractivity contribution in [1.82, 2.24) is 10.2 Å². The fourth-order valence-corrected chi connectivity index (χ4v) is 5.46. The van der Waals surface area contributed by atoms with E-state index >= 15 is 0 Å². The van der Waals surface area contributed by atoms with Crippen molar-refractivity contribution in [2.75, 3.05) is 29.2 Å². The third-order valence-corrected chi connectivity index (χ3v) is 7.37. The SMILES string of the molecule is O=C(Nc1ccc2c(c1)NC(=O)C21CCOCC1)C(Nc1ccc(Cl)nn1)C1CCCCC1. The predicted molar refractivity (Wildman–Crippen MR) is 126 cm³/mol. The third-order valence-electron chi connectivity index (χ3n) is 7.17. The molecule has 0 bridgehead atoms. The molecule has 1 saturated carbocycles. The van der Waals surface area contributed by atoms with E-state index in [0.717, 1.165) is 36.9 Å². The average molecular weight is 470 g/mol. The lowest BCUT2D eigenvalue weighted by Gasteiger charge is -2.31. The smallest absolute Gasteiger partial charge is 0.247 e. The number of fused-ring (bicyclic) bond motifs is 2. The Labute approximate surface area is 197 Å².